The Morgan fingerprint density at radius 2 is 2.23 bits per heavy atom. The lowest BCUT2D eigenvalue weighted by Gasteiger charge is -2.21. The molecule has 0 aromatic carbocycles. The highest BCUT2D eigenvalue weighted by molar-refractivity contribution is 7.10. The van der Waals surface area contributed by atoms with Crippen LogP contribution in [-0.2, 0) is 10.2 Å². The van der Waals surface area contributed by atoms with Crippen LogP contribution in [0.25, 0.3) is 0 Å². The fourth-order valence-electron chi connectivity index (χ4n) is 1.30. The molecule has 72 valence electrons. The molecular weight excluding hydrogens is 184 g/mol. The average molecular weight is 198 g/mol. The summed E-state index contributed by atoms with van der Waals surface area (Å²) >= 11 is 1.58. The van der Waals surface area contributed by atoms with E-state index in [2.05, 4.69) is 5.43 Å². The second-order valence-corrected chi connectivity index (χ2v) is 4.45. The van der Waals surface area contributed by atoms with Gasteiger partial charge in [-0.15, -0.1) is 11.3 Å². The van der Waals surface area contributed by atoms with E-state index in [0.717, 1.165) is 10.4 Å². The molecule has 0 aliphatic carbocycles. The number of carbonyl (C=O) groups excluding carboxylic acids is 1. The van der Waals surface area contributed by atoms with Gasteiger partial charge in [0.25, 0.3) is 0 Å². The van der Waals surface area contributed by atoms with Crippen LogP contribution in [0.15, 0.2) is 11.4 Å². The zero-order chi connectivity index (χ0) is 10.1. The zero-order valence-corrected chi connectivity index (χ0v) is 8.87. The Hall–Kier alpha value is -0.870. The molecule has 13 heavy (non-hydrogen) atoms. The smallest absolute Gasteiger partial charge is 0.244 e. The first-order valence-electron chi connectivity index (χ1n) is 4.05. The van der Waals surface area contributed by atoms with E-state index in [4.69, 9.17) is 5.84 Å². The molecule has 3 nitrogen and oxygen atoms in total. The van der Waals surface area contributed by atoms with E-state index in [9.17, 15) is 4.79 Å². The zero-order valence-electron chi connectivity index (χ0n) is 8.05. The molecule has 0 spiro atoms. The Labute approximate surface area is 81.9 Å². The average Bonchev–Trinajstić information content (AvgIpc) is 2.50. The van der Waals surface area contributed by atoms with Crippen LogP contribution >= 0.6 is 11.3 Å². The number of hydrazine groups is 1. The quantitative estimate of drug-likeness (QED) is 0.428. The Balaban J connectivity index is 3.07. The van der Waals surface area contributed by atoms with Crippen LogP contribution in [0.1, 0.15) is 24.3 Å². The Morgan fingerprint density at radius 3 is 2.62 bits per heavy atom. The summed E-state index contributed by atoms with van der Waals surface area (Å²) in [5.74, 6) is 4.96. The molecule has 0 atom stereocenters. The number of amides is 1. The van der Waals surface area contributed by atoms with E-state index in [1.165, 1.54) is 0 Å². The molecule has 0 aliphatic rings. The lowest BCUT2D eigenvalue weighted by molar-refractivity contribution is -0.125. The van der Waals surface area contributed by atoms with Crippen LogP contribution in [0.4, 0.5) is 0 Å². The molecule has 0 saturated heterocycles. The first kappa shape index (κ1) is 10.2. The number of hydrogen-bond acceptors (Lipinski definition) is 3. The minimum Gasteiger partial charge on any atom is -0.293 e. The van der Waals surface area contributed by atoms with Crippen molar-refractivity contribution in [1.29, 1.82) is 0 Å². The molecule has 1 aromatic heterocycles. The van der Waals surface area contributed by atoms with Gasteiger partial charge in [-0.3, -0.25) is 10.2 Å². The maximum atomic E-state index is 11.5. The summed E-state index contributed by atoms with van der Waals surface area (Å²) in [4.78, 5) is 12.5. The fourth-order valence-corrected chi connectivity index (χ4v) is 2.35. The first-order chi connectivity index (χ1) is 6.00. The van der Waals surface area contributed by atoms with E-state index >= 15 is 0 Å². The normalized spacial score (nSPS) is 11.4. The standard InChI is InChI=1S/C9H14N2OS/c1-6-4-5-13-7(6)9(2,3)8(12)11-10/h4-5H,10H2,1-3H3,(H,11,12). The largest absolute Gasteiger partial charge is 0.293 e. The third kappa shape index (κ3) is 1.73. The van der Waals surface area contributed by atoms with Gasteiger partial charge < -0.3 is 0 Å². The van der Waals surface area contributed by atoms with Gasteiger partial charge in [0, 0.05) is 4.88 Å². The molecule has 0 saturated carbocycles. The van der Waals surface area contributed by atoms with Crippen LogP contribution in [-0.4, -0.2) is 5.91 Å². The monoisotopic (exact) mass is 198 g/mol. The van der Waals surface area contributed by atoms with Crippen molar-refractivity contribution in [1.82, 2.24) is 5.43 Å². The Morgan fingerprint density at radius 1 is 1.62 bits per heavy atom. The highest BCUT2D eigenvalue weighted by atomic mass is 32.1. The number of rotatable bonds is 2. The van der Waals surface area contributed by atoms with Crippen LogP contribution in [0.3, 0.4) is 0 Å². The number of thiophene rings is 1. The number of carbonyl (C=O) groups is 1. The molecule has 0 bridgehead atoms. The van der Waals surface area contributed by atoms with Crippen LogP contribution in [0, 0.1) is 6.92 Å². The second-order valence-electron chi connectivity index (χ2n) is 3.53. The summed E-state index contributed by atoms with van der Waals surface area (Å²) < 4.78 is 0. The predicted molar refractivity (Wildman–Crippen MR) is 54.4 cm³/mol. The van der Waals surface area contributed by atoms with Crippen molar-refractivity contribution < 1.29 is 4.79 Å². The first-order valence-corrected chi connectivity index (χ1v) is 4.93. The van der Waals surface area contributed by atoms with Crippen LogP contribution in [0.2, 0.25) is 0 Å². The van der Waals surface area contributed by atoms with Gasteiger partial charge in [0.2, 0.25) is 5.91 Å². The van der Waals surface area contributed by atoms with Gasteiger partial charge in [0.1, 0.15) is 0 Å². The lowest BCUT2D eigenvalue weighted by Crippen LogP contribution is -2.43. The van der Waals surface area contributed by atoms with E-state index in [0.29, 0.717) is 0 Å². The highest BCUT2D eigenvalue weighted by Gasteiger charge is 2.31. The highest BCUT2D eigenvalue weighted by Crippen LogP contribution is 2.30. The molecular formula is C9H14N2OS. The molecule has 3 N–H and O–H groups in total. The van der Waals surface area contributed by atoms with Crippen molar-refractivity contribution in [2.24, 2.45) is 5.84 Å². The summed E-state index contributed by atoms with van der Waals surface area (Å²) in [5, 5.41) is 1.98. The topological polar surface area (TPSA) is 55.1 Å². The molecule has 1 amide bonds. The summed E-state index contributed by atoms with van der Waals surface area (Å²) in [6, 6.07) is 2.01. The molecule has 0 radical (unpaired) electrons. The molecule has 1 heterocycles. The Kier molecular flexibility index (Phi) is 2.73. The molecule has 1 rings (SSSR count). The van der Waals surface area contributed by atoms with E-state index < -0.39 is 5.41 Å². The lowest BCUT2D eigenvalue weighted by atomic mass is 9.88. The predicted octanol–water partition coefficient (Wildman–Crippen LogP) is 1.32. The summed E-state index contributed by atoms with van der Waals surface area (Å²) in [6.45, 7) is 5.74. The van der Waals surface area contributed by atoms with Crippen molar-refractivity contribution in [2.75, 3.05) is 0 Å². The maximum Gasteiger partial charge on any atom is 0.244 e. The van der Waals surface area contributed by atoms with E-state index in [-0.39, 0.29) is 5.91 Å². The summed E-state index contributed by atoms with van der Waals surface area (Å²) in [6.07, 6.45) is 0. The van der Waals surface area contributed by atoms with Crippen molar-refractivity contribution in [3.8, 4) is 0 Å². The van der Waals surface area contributed by atoms with Gasteiger partial charge in [-0.2, -0.15) is 0 Å². The van der Waals surface area contributed by atoms with Gasteiger partial charge in [-0.1, -0.05) is 0 Å². The third-order valence-electron chi connectivity index (χ3n) is 2.13. The van der Waals surface area contributed by atoms with E-state index in [1.807, 2.05) is 32.2 Å². The minimum absolute atomic E-state index is 0.155. The number of hydrogen-bond donors (Lipinski definition) is 2. The fraction of sp³-hybridized carbons (Fsp3) is 0.444. The number of nitrogens with two attached hydrogens (primary N) is 1. The molecule has 0 unspecified atom stereocenters. The van der Waals surface area contributed by atoms with Crippen LogP contribution in [0.5, 0.6) is 0 Å². The molecule has 0 aliphatic heterocycles. The molecule has 0 fully saturated rings. The maximum absolute atomic E-state index is 11.5. The summed E-state index contributed by atoms with van der Waals surface area (Å²) in [5.41, 5.74) is 2.79. The Bertz CT molecular complexity index is 317. The van der Waals surface area contributed by atoms with Crippen molar-refractivity contribution in [2.45, 2.75) is 26.2 Å². The van der Waals surface area contributed by atoms with Gasteiger partial charge in [0.15, 0.2) is 0 Å². The van der Waals surface area contributed by atoms with Crippen molar-refractivity contribution >= 4 is 17.2 Å². The summed E-state index contributed by atoms with van der Waals surface area (Å²) in [7, 11) is 0. The third-order valence-corrected chi connectivity index (χ3v) is 3.47. The second kappa shape index (κ2) is 3.47. The van der Waals surface area contributed by atoms with Gasteiger partial charge in [-0.25, -0.2) is 5.84 Å². The number of nitrogens with one attached hydrogen (secondary N) is 1. The molecule has 1 aromatic rings. The minimum atomic E-state index is -0.535. The van der Waals surface area contributed by atoms with Crippen LogP contribution < -0.4 is 11.3 Å². The van der Waals surface area contributed by atoms with Crippen molar-refractivity contribution in [3.05, 3.63) is 21.9 Å². The van der Waals surface area contributed by atoms with Gasteiger partial charge in [0.05, 0.1) is 5.41 Å². The van der Waals surface area contributed by atoms with Gasteiger partial charge in [-0.05, 0) is 37.8 Å². The van der Waals surface area contributed by atoms with Gasteiger partial charge >= 0.3 is 0 Å². The number of aryl methyl sites for hydroxylation is 1. The van der Waals surface area contributed by atoms with Crippen molar-refractivity contribution in [3.63, 3.8) is 0 Å². The molecule has 4 heteroatoms. The SMILES string of the molecule is Cc1ccsc1C(C)(C)C(=O)NN. The van der Waals surface area contributed by atoms with E-state index in [1.54, 1.807) is 11.3 Å².